The molecule has 0 aliphatic rings. The van der Waals surface area contributed by atoms with E-state index in [2.05, 4.69) is 42.9 Å². The smallest absolute Gasteiger partial charge is 0.324 e. The fraction of sp³-hybridized carbons (Fsp3) is 0.417. The Hall–Kier alpha value is -1.16. The predicted molar refractivity (Wildman–Crippen MR) is 68.6 cm³/mol. The minimum absolute atomic E-state index is 0.164. The summed E-state index contributed by atoms with van der Waals surface area (Å²) in [5, 5.41) is 2.50. The number of hydrogen-bond donors (Lipinski definition) is 2. The van der Waals surface area contributed by atoms with E-state index in [1.807, 2.05) is 12.1 Å². The lowest BCUT2D eigenvalue weighted by atomic mass is 9.87. The van der Waals surface area contributed by atoms with Crippen molar-refractivity contribution in [3.8, 4) is 0 Å². The largest absolute Gasteiger partial charge is 0.341 e. The third-order valence-electron chi connectivity index (χ3n) is 2.21. The highest BCUT2D eigenvalue weighted by molar-refractivity contribution is 7.98. The first kappa shape index (κ1) is 12.9. The van der Waals surface area contributed by atoms with Gasteiger partial charge in [0.05, 0.1) is 0 Å². The highest BCUT2D eigenvalue weighted by Crippen LogP contribution is 2.24. The van der Waals surface area contributed by atoms with Crippen molar-refractivity contribution in [3.63, 3.8) is 0 Å². The maximum atomic E-state index is 11.0. The van der Waals surface area contributed by atoms with Crippen LogP contribution < -0.4 is 10.0 Å². The Morgan fingerprint density at radius 1 is 1.19 bits per heavy atom. The normalized spacial score (nSPS) is 11.0. The van der Waals surface area contributed by atoms with Gasteiger partial charge in [0, 0.05) is 11.9 Å². The van der Waals surface area contributed by atoms with Gasteiger partial charge in [0.25, 0.3) is 0 Å². The summed E-state index contributed by atoms with van der Waals surface area (Å²) >= 11 is 1.31. The Morgan fingerprint density at radius 3 is 2.19 bits per heavy atom. The Labute approximate surface area is 101 Å². The fourth-order valence-electron chi connectivity index (χ4n) is 1.18. The van der Waals surface area contributed by atoms with Gasteiger partial charge in [-0.3, -0.25) is 4.72 Å². The number of hydrogen-bond acceptors (Lipinski definition) is 2. The Kier molecular flexibility index (Phi) is 4.24. The maximum Gasteiger partial charge on any atom is 0.324 e. The quantitative estimate of drug-likeness (QED) is 0.778. The molecule has 0 bridgehead atoms. The molecule has 0 aliphatic heterocycles. The molecular formula is C12H18N2OS. The van der Waals surface area contributed by atoms with Gasteiger partial charge in [0.2, 0.25) is 0 Å². The zero-order chi connectivity index (χ0) is 12.2. The van der Waals surface area contributed by atoms with Crippen LogP contribution >= 0.6 is 11.9 Å². The van der Waals surface area contributed by atoms with Crippen molar-refractivity contribution >= 4 is 18.0 Å². The molecule has 88 valence electrons. The number of nitrogens with one attached hydrogen (secondary N) is 2. The van der Waals surface area contributed by atoms with Gasteiger partial charge in [0.15, 0.2) is 0 Å². The van der Waals surface area contributed by atoms with Crippen molar-refractivity contribution in [3.05, 3.63) is 29.8 Å². The van der Waals surface area contributed by atoms with Crippen LogP contribution in [0.4, 0.5) is 4.79 Å². The molecule has 0 spiro atoms. The number of carbonyl (C=O) groups is 1. The molecule has 1 aromatic carbocycles. The number of rotatable bonds is 2. The van der Waals surface area contributed by atoms with Gasteiger partial charge < -0.3 is 5.32 Å². The molecule has 1 aromatic rings. The topological polar surface area (TPSA) is 41.1 Å². The van der Waals surface area contributed by atoms with E-state index in [4.69, 9.17) is 0 Å². The SMILES string of the molecule is CNC(=O)NSc1ccc(C(C)(C)C)cc1. The number of amides is 2. The van der Waals surface area contributed by atoms with Crippen LogP contribution in [0.5, 0.6) is 0 Å². The molecule has 0 fully saturated rings. The average Bonchev–Trinajstić information content (AvgIpc) is 2.25. The molecule has 0 aliphatic carbocycles. The third kappa shape index (κ3) is 3.77. The summed E-state index contributed by atoms with van der Waals surface area (Å²) in [5.41, 5.74) is 1.45. The first-order valence-electron chi connectivity index (χ1n) is 5.18. The number of benzene rings is 1. The van der Waals surface area contributed by atoms with Crippen molar-refractivity contribution < 1.29 is 4.79 Å². The van der Waals surface area contributed by atoms with E-state index in [9.17, 15) is 4.79 Å². The lowest BCUT2D eigenvalue weighted by Gasteiger charge is -2.18. The van der Waals surface area contributed by atoms with Crippen molar-refractivity contribution in [1.82, 2.24) is 10.0 Å². The van der Waals surface area contributed by atoms with Crippen LogP contribution in [-0.2, 0) is 5.41 Å². The second kappa shape index (κ2) is 5.25. The summed E-state index contributed by atoms with van der Waals surface area (Å²) in [5.74, 6) is 0. The molecule has 0 unspecified atom stereocenters. The molecule has 3 nitrogen and oxygen atoms in total. The van der Waals surface area contributed by atoms with E-state index in [-0.39, 0.29) is 11.4 Å². The van der Waals surface area contributed by atoms with Crippen LogP contribution in [0, 0.1) is 0 Å². The first-order chi connectivity index (χ1) is 7.43. The van der Waals surface area contributed by atoms with E-state index in [0.717, 1.165) is 4.90 Å². The van der Waals surface area contributed by atoms with Gasteiger partial charge >= 0.3 is 6.03 Å². The van der Waals surface area contributed by atoms with Gasteiger partial charge in [-0.05, 0) is 35.1 Å². The summed E-state index contributed by atoms with van der Waals surface area (Å²) in [4.78, 5) is 12.0. The summed E-state index contributed by atoms with van der Waals surface area (Å²) in [6.07, 6.45) is 0. The monoisotopic (exact) mass is 238 g/mol. The molecule has 0 saturated carbocycles. The molecule has 2 N–H and O–H groups in total. The van der Waals surface area contributed by atoms with Crippen LogP contribution in [-0.4, -0.2) is 13.1 Å². The lowest BCUT2D eigenvalue weighted by molar-refractivity contribution is 0.248. The minimum atomic E-state index is -0.190. The van der Waals surface area contributed by atoms with E-state index in [1.165, 1.54) is 17.5 Å². The summed E-state index contributed by atoms with van der Waals surface area (Å²) in [6.45, 7) is 6.54. The average molecular weight is 238 g/mol. The van der Waals surface area contributed by atoms with Crippen LogP contribution in [0.1, 0.15) is 26.3 Å². The van der Waals surface area contributed by atoms with Gasteiger partial charge in [-0.25, -0.2) is 4.79 Å². The highest BCUT2D eigenvalue weighted by atomic mass is 32.2. The van der Waals surface area contributed by atoms with Gasteiger partial charge in [-0.1, -0.05) is 32.9 Å². The molecule has 16 heavy (non-hydrogen) atoms. The first-order valence-corrected chi connectivity index (χ1v) is 6.00. The van der Waals surface area contributed by atoms with Crippen LogP contribution in [0.25, 0.3) is 0 Å². The minimum Gasteiger partial charge on any atom is -0.341 e. The summed E-state index contributed by atoms with van der Waals surface area (Å²) in [6, 6.07) is 8.02. The lowest BCUT2D eigenvalue weighted by Crippen LogP contribution is -2.27. The van der Waals surface area contributed by atoms with Gasteiger partial charge in [-0.15, -0.1) is 0 Å². The van der Waals surface area contributed by atoms with E-state index in [0.29, 0.717) is 0 Å². The molecule has 0 saturated heterocycles. The third-order valence-corrected chi connectivity index (χ3v) is 3.00. The number of carbonyl (C=O) groups excluding carboxylic acids is 1. The Balaban J connectivity index is 2.62. The second-order valence-electron chi connectivity index (χ2n) is 4.56. The van der Waals surface area contributed by atoms with Crippen molar-refractivity contribution in [1.29, 1.82) is 0 Å². The summed E-state index contributed by atoms with van der Waals surface area (Å²) < 4.78 is 2.67. The zero-order valence-corrected chi connectivity index (χ0v) is 10.9. The molecular weight excluding hydrogens is 220 g/mol. The van der Waals surface area contributed by atoms with Gasteiger partial charge in [-0.2, -0.15) is 0 Å². The molecule has 0 atom stereocenters. The van der Waals surface area contributed by atoms with Crippen molar-refractivity contribution in [2.45, 2.75) is 31.1 Å². The maximum absolute atomic E-state index is 11.0. The standard InChI is InChI=1S/C12H18N2OS/c1-12(2,3)9-5-7-10(8-6-9)16-14-11(15)13-4/h5-8H,1-4H3,(H2,13,14,15). The Morgan fingerprint density at radius 2 is 1.75 bits per heavy atom. The van der Waals surface area contributed by atoms with Crippen molar-refractivity contribution in [2.24, 2.45) is 0 Å². The summed E-state index contributed by atoms with van der Waals surface area (Å²) in [7, 11) is 1.60. The Bertz CT molecular complexity index is 354. The van der Waals surface area contributed by atoms with E-state index in [1.54, 1.807) is 7.05 Å². The highest BCUT2D eigenvalue weighted by Gasteiger charge is 2.12. The van der Waals surface area contributed by atoms with Crippen LogP contribution in [0.15, 0.2) is 29.2 Å². The van der Waals surface area contributed by atoms with E-state index < -0.39 is 0 Å². The predicted octanol–water partition coefficient (Wildman–Crippen LogP) is 2.92. The van der Waals surface area contributed by atoms with Gasteiger partial charge in [0.1, 0.15) is 0 Å². The number of urea groups is 1. The second-order valence-corrected chi connectivity index (χ2v) is 5.44. The van der Waals surface area contributed by atoms with Crippen LogP contribution in [0.2, 0.25) is 0 Å². The van der Waals surface area contributed by atoms with E-state index >= 15 is 0 Å². The molecule has 4 heteroatoms. The zero-order valence-electron chi connectivity index (χ0n) is 10.1. The molecule has 2 amide bonds. The molecule has 0 aromatic heterocycles. The van der Waals surface area contributed by atoms with Crippen LogP contribution in [0.3, 0.4) is 0 Å². The fourth-order valence-corrected chi connectivity index (χ4v) is 1.76. The molecule has 0 radical (unpaired) electrons. The molecule has 0 heterocycles. The molecule has 1 rings (SSSR count). The van der Waals surface area contributed by atoms with Crippen molar-refractivity contribution in [2.75, 3.05) is 7.05 Å².